The van der Waals surface area contributed by atoms with Gasteiger partial charge in [0.1, 0.15) is 11.0 Å². The summed E-state index contributed by atoms with van der Waals surface area (Å²) in [7, 11) is 0. The summed E-state index contributed by atoms with van der Waals surface area (Å²) in [5, 5.41) is 2.53. The van der Waals surface area contributed by atoms with Crippen LogP contribution in [0, 0.1) is 0 Å². The molecule has 16 heavy (non-hydrogen) atoms. The van der Waals surface area contributed by atoms with Crippen LogP contribution in [0.2, 0.25) is 0 Å². The van der Waals surface area contributed by atoms with Crippen molar-refractivity contribution < 1.29 is 0 Å². The van der Waals surface area contributed by atoms with Crippen LogP contribution in [0.1, 0.15) is 0 Å². The molecule has 0 saturated carbocycles. The van der Waals surface area contributed by atoms with Crippen LogP contribution >= 0.6 is 35.5 Å². The number of rotatable bonds is 1. The average molecular weight is 271 g/mol. The number of benzene rings is 1. The average Bonchev–Trinajstić information content (AvgIpc) is 2.84. The lowest BCUT2D eigenvalue weighted by Crippen LogP contribution is -1.83. The van der Waals surface area contributed by atoms with Gasteiger partial charge in [0.15, 0.2) is 5.13 Å². The Bertz CT molecular complexity index is 619. The van der Waals surface area contributed by atoms with Crippen molar-refractivity contribution in [2.75, 3.05) is 5.73 Å². The van der Waals surface area contributed by atoms with Crippen LogP contribution in [0.25, 0.3) is 22.3 Å². The van der Waals surface area contributed by atoms with Crippen LogP contribution in [0.4, 0.5) is 5.13 Å². The topological polar surface area (TPSA) is 64.7 Å². The summed E-state index contributed by atoms with van der Waals surface area (Å²) in [6.45, 7) is 0. The number of fused-ring (bicyclic) bond motifs is 1. The molecule has 0 aliphatic rings. The van der Waals surface area contributed by atoms with E-state index in [4.69, 9.17) is 5.73 Å². The first-order valence-corrected chi connectivity index (χ1v) is 5.87. The second kappa shape index (κ2) is 4.32. The van der Waals surface area contributed by atoms with Crippen LogP contribution in [-0.4, -0.2) is 13.7 Å². The van der Waals surface area contributed by atoms with Crippen molar-refractivity contribution in [2.24, 2.45) is 0 Å². The normalized spacial score (nSPS) is 10.2. The Labute approximate surface area is 106 Å². The molecule has 3 rings (SSSR count). The van der Waals surface area contributed by atoms with Gasteiger partial charge in [-0.2, -0.15) is 8.75 Å². The maximum atomic E-state index is 5.59. The van der Waals surface area contributed by atoms with E-state index in [0.717, 1.165) is 22.3 Å². The molecule has 3 aromatic rings. The van der Waals surface area contributed by atoms with Crippen molar-refractivity contribution in [3.63, 3.8) is 0 Å². The largest absolute Gasteiger partial charge is 0.375 e. The van der Waals surface area contributed by atoms with Crippen LogP contribution in [-0.2, 0) is 0 Å². The van der Waals surface area contributed by atoms with Crippen molar-refractivity contribution in [1.82, 2.24) is 13.7 Å². The Hall–Kier alpha value is -1.24. The number of nitrogens with zero attached hydrogens (tertiary/aromatic N) is 3. The molecule has 2 aromatic heterocycles. The number of anilines is 1. The number of hydrogen-bond donors (Lipinski definition) is 1. The van der Waals surface area contributed by atoms with E-state index in [-0.39, 0.29) is 12.4 Å². The number of hydrogen-bond acceptors (Lipinski definition) is 6. The van der Waals surface area contributed by atoms with Gasteiger partial charge in [-0.1, -0.05) is 6.07 Å². The van der Waals surface area contributed by atoms with E-state index >= 15 is 0 Å². The lowest BCUT2D eigenvalue weighted by atomic mass is 10.1. The second-order valence-corrected chi connectivity index (χ2v) is 4.46. The molecule has 82 valence electrons. The maximum absolute atomic E-state index is 5.59. The van der Waals surface area contributed by atoms with E-state index in [2.05, 4.69) is 13.7 Å². The first kappa shape index (κ1) is 11.3. The minimum Gasteiger partial charge on any atom is -0.375 e. The predicted molar refractivity (Wildman–Crippen MR) is 70.2 cm³/mol. The summed E-state index contributed by atoms with van der Waals surface area (Å²) in [5.41, 5.74) is 9.35. The van der Waals surface area contributed by atoms with Gasteiger partial charge >= 0.3 is 0 Å². The quantitative estimate of drug-likeness (QED) is 0.738. The number of nitrogens with two attached hydrogens (primary N) is 1. The third kappa shape index (κ3) is 1.87. The highest BCUT2D eigenvalue weighted by Gasteiger charge is 2.05. The monoisotopic (exact) mass is 270 g/mol. The van der Waals surface area contributed by atoms with Gasteiger partial charge in [-0.25, -0.2) is 4.98 Å². The number of nitrogen functional groups attached to an aromatic ring is 1. The maximum Gasteiger partial charge on any atom is 0.180 e. The summed E-state index contributed by atoms with van der Waals surface area (Å²) in [5.74, 6) is 0. The zero-order valence-electron chi connectivity index (χ0n) is 7.95. The van der Waals surface area contributed by atoms with Crippen LogP contribution in [0.3, 0.4) is 0 Å². The molecule has 0 aliphatic carbocycles. The minimum atomic E-state index is 0. The van der Waals surface area contributed by atoms with Gasteiger partial charge in [0, 0.05) is 10.9 Å². The van der Waals surface area contributed by atoms with Gasteiger partial charge in [0.05, 0.1) is 17.4 Å². The summed E-state index contributed by atoms with van der Waals surface area (Å²) < 4.78 is 8.33. The third-order valence-corrected chi connectivity index (χ3v) is 3.30. The molecule has 0 aliphatic heterocycles. The van der Waals surface area contributed by atoms with E-state index in [9.17, 15) is 0 Å². The van der Waals surface area contributed by atoms with Crippen molar-refractivity contribution in [3.8, 4) is 11.3 Å². The zero-order chi connectivity index (χ0) is 10.3. The summed E-state index contributed by atoms with van der Waals surface area (Å²) in [6, 6.07) is 5.91. The lowest BCUT2D eigenvalue weighted by molar-refractivity contribution is 1.41. The first-order valence-electron chi connectivity index (χ1n) is 4.26. The van der Waals surface area contributed by atoms with Crippen LogP contribution < -0.4 is 5.73 Å². The van der Waals surface area contributed by atoms with Gasteiger partial charge in [-0.05, 0) is 12.1 Å². The van der Waals surface area contributed by atoms with Crippen LogP contribution in [0.15, 0.2) is 23.6 Å². The first-order chi connectivity index (χ1) is 7.33. The molecule has 2 heterocycles. The molecular weight excluding hydrogens is 264 g/mol. The molecule has 7 heteroatoms. The molecule has 0 unspecified atom stereocenters. The van der Waals surface area contributed by atoms with E-state index in [0.29, 0.717) is 5.13 Å². The molecule has 1 aromatic carbocycles. The van der Waals surface area contributed by atoms with E-state index < -0.39 is 0 Å². The predicted octanol–water partition coefficient (Wildman–Crippen LogP) is 2.82. The SMILES string of the molecule is Cl.Nc1nc(-c2ccc3nsnc3c2)cs1. The molecule has 0 atom stereocenters. The molecular formula is C9H7ClN4S2. The van der Waals surface area contributed by atoms with Crippen molar-refractivity contribution in [3.05, 3.63) is 23.6 Å². The zero-order valence-corrected chi connectivity index (χ0v) is 10.4. The molecule has 2 N–H and O–H groups in total. The molecule has 0 spiro atoms. The van der Waals surface area contributed by atoms with Gasteiger partial charge in [-0.15, -0.1) is 23.7 Å². The number of aromatic nitrogens is 3. The number of halogens is 1. The Kier molecular flexibility index (Phi) is 3.04. The summed E-state index contributed by atoms with van der Waals surface area (Å²) in [4.78, 5) is 4.22. The Balaban J connectivity index is 0.000000963. The fourth-order valence-electron chi connectivity index (χ4n) is 1.36. The van der Waals surface area contributed by atoms with Gasteiger partial charge in [0.25, 0.3) is 0 Å². The fourth-order valence-corrected chi connectivity index (χ4v) is 2.45. The smallest absolute Gasteiger partial charge is 0.180 e. The molecule has 4 nitrogen and oxygen atoms in total. The highest BCUT2D eigenvalue weighted by atomic mass is 35.5. The van der Waals surface area contributed by atoms with Crippen LogP contribution in [0.5, 0.6) is 0 Å². The summed E-state index contributed by atoms with van der Waals surface area (Å²) in [6.07, 6.45) is 0. The standard InChI is InChI=1S/C9H6N4S2.ClH/c10-9-11-8(4-14-9)5-1-2-6-7(3-5)13-15-12-6;/h1-4H,(H2,10,11);1H. The number of thiazole rings is 1. The molecule has 0 amide bonds. The van der Waals surface area contributed by atoms with E-state index in [1.54, 1.807) is 0 Å². The highest BCUT2D eigenvalue weighted by Crippen LogP contribution is 2.25. The van der Waals surface area contributed by atoms with E-state index in [1.165, 1.54) is 23.1 Å². The molecule has 0 fully saturated rings. The fraction of sp³-hybridized carbons (Fsp3) is 0. The van der Waals surface area contributed by atoms with E-state index in [1.807, 2.05) is 23.6 Å². The highest BCUT2D eigenvalue weighted by molar-refractivity contribution is 7.13. The third-order valence-electron chi connectivity index (χ3n) is 2.07. The molecule has 0 radical (unpaired) electrons. The Morgan fingerprint density at radius 2 is 1.94 bits per heavy atom. The minimum absolute atomic E-state index is 0. The van der Waals surface area contributed by atoms with Crippen molar-refractivity contribution in [2.45, 2.75) is 0 Å². The summed E-state index contributed by atoms with van der Waals surface area (Å²) >= 11 is 2.66. The Morgan fingerprint density at radius 1 is 1.12 bits per heavy atom. The van der Waals surface area contributed by atoms with Gasteiger partial charge in [0.2, 0.25) is 0 Å². The molecule has 0 saturated heterocycles. The van der Waals surface area contributed by atoms with Crippen molar-refractivity contribution in [1.29, 1.82) is 0 Å². The Morgan fingerprint density at radius 3 is 2.69 bits per heavy atom. The lowest BCUT2D eigenvalue weighted by Gasteiger charge is -1.94. The van der Waals surface area contributed by atoms with Gasteiger partial charge in [-0.3, -0.25) is 0 Å². The second-order valence-electron chi connectivity index (χ2n) is 3.04. The van der Waals surface area contributed by atoms with Gasteiger partial charge < -0.3 is 5.73 Å². The molecule has 0 bridgehead atoms. The van der Waals surface area contributed by atoms with Crippen molar-refractivity contribution >= 4 is 51.6 Å².